The van der Waals surface area contributed by atoms with Crippen LogP contribution < -0.4 is 5.43 Å². The van der Waals surface area contributed by atoms with Gasteiger partial charge >= 0.3 is 0 Å². The van der Waals surface area contributed by atoms with Crippen LogP contribution in [0, 0.1) is 11.8 Å². The van der Waals surface area contributed by atoms with Gasteiger partial charge in [-0.15, -0.1) is 0 Å². The molecule has 3 heteroatoms. The van der Waals surface area contributed by atoms with Crippen molar-refractivity contribution in [3.8, 4) is 0 Å². The van der Waals surface area contributed by atoms with Gasteiger partial charge in [0, 0.05) is 26.2 Å². The van der Waals surface area contributed by atoms with Crippen molar-refractivity contribution in [2.24, 2.45) is 11.8 Å². The molecule has 0 aliphatic carbocycles. The van der Waals surface area contributed by atoms with Crippen molar-refractivity contribution in [2.45, 2.75) is 6.42 Å². The maximum atomic E-state index is 8.71. The molecule has 0 aromatic carbocycles. The average molecular weight is 141 g/mol. The third-order valence-corrected chi connectivity index (χ3v) is 2.57. The molecule has 2 heterocycles. The van der Waals surface area contributed by atoms with Gasteiger partial charge in [-0.2, -0.15) is 5.43 Å². The molecular weight excluding hydrogens is 128 g/mol. The molecule has 0 aromatic heterocycles. The minimum Gasteiger partial charge on any atom is -0.396 e. The van der Waals surface area contributed by atoms with Gasteiger partial charge in [0.2, 0.25) is 0 Å². The summed E-state index contributed by atoms with van der Waals surface area (Å²) in [6, 6.07) is 0. The number of hydrogen-bond acceptors (Lipinski definition) is 2. The Labute approximate surface area is 61.0 Å². The molecule has 10 heavy (non-hydrogen) atoms. The Balaban J connectivity index is 1.90. The zero-order valence-corrected chi connectivity index (χ0v) is 6.03. The zero-order valence-electron chi connectivity index (χ0n) is 6.03. The highest BCUT2D eigenvalue weighted by Crippen LogP contribution is 2.29. The summed E-state index contributed by atoms with van der Waals surface area (Å²) in [5.41, 5.74) is 4.29. The van der Waals surface area contributed by atoms with E-state index in [1.54, 1.807) is 0 Å². The molecule has 2 bridgehead atoms. The first-order chi connectivity index (χ1) is 4.90. The van der Waals surface area contributed by atoms with E-state index in [9.17, 15) is 0 Å². The Bertz CT molecular complexity index is 129. The van der Waals surface area contributed by atoms with Crippen molar-refractivity contribution in [3.05, 3.63) is 0 Å². The van der Waals surface area contributed by atoms with Gasteiger partial charge in [0.25, 0.3) is 0 Å². The third-order valence-electron chi connectivity index (χ3n) is 2.57. The van der Waals surface area contributed by atoms with Gasteiger partial charge in [0.1, 0.15) is 0 Å². The van der Waals surface area contributed by atoms with Crippen molar-refractivity contribution < 1.29 is 5.11 Å². The number of aliphatic hydroxyl groups is 1. The van der Waals surface area contributed by atoms with Crippen LogP contribution >= 0.6 is 0 Å². The largest absolute Gasteiger partial charge is 0.396 e. The Morgan fingerprint density at radius 3 is 2.90 bits per heavy atom. The number of nitrogens with zero attached hydrogens (tertiary/aromatic N) is 2. The Morgan fingerprint density at radius 1 is 1.50 bits per heavy atom. The topological polar surface area (TPSA) is 37.6 Å². The molecule has 1 N–H and O–H groups in total. The molecular formula is C7H13N2O. The lowest BCUT2D eigenvalue weighted by atomic mass is 9.93. The standard InChI is InChI=1S/C7H13N2O/c10-2-1-6-4-9-5-7(6)3-8-9/h6-7,10H,1-5H2. The molecule has 0 spiro atoms. The number of aliphatic hydroxyl groups excluding tert-OH is 1. The second-order valence-electron chi connectivity index (χ2n) is 3.23. The molecule has 0 amide bonds. The van der Waals surface area contributed by atoms with Gasteiger partial charge in [-0.1, -0.05) is 0 Å². The van der Waals surface area contributed by atoms with E-state index < -0.39 is 0 Å². The zero-order chi connectivity index (χ0) is 6.97. The Morgan fingerprint density at radius 2 is 2.40 bits per heavy atom. The predicted octanol–water partition coefficient (Wildman–Crippen LogP) is -0.550. The third kappa shape index (κ3) is 0.944. The van der Waals surface area contributed by atoms with E-state index in [0.717, 1.165) is 37.9 Å². The minimum atomic E-state index is 0.342. The van der Waals surface area contributed by atoms with E-state index in [1.165, 1.54) is 0 Å². The summed E-state index contributed by atoms with van der Waals surface area (Å²) in [5.74, 6) is 1.48. The van der Waals surface area contributed by atoms with E-state index in [1.807, 2.05) is 0 Å². The van der Waals surface area contributed by atoms with Crippen molar-refractivity contribution in [1.82, 2.24) is 10.4 Å². The molecule has 3 atom stereocenters. The molecule has 2 aliphatic heterocycles. The fraction of sp³-hybridized carbons (Fsp3) is 1.00. The normalized spacial score (nSPS) is 44.7. The highest BCUT2D eigenvalue weighted by Gasteiger charge is 2.38. The summed E-state index contributed by atoms with van der Waals surface area (Å²) in [4.78, 5) is 0. The molecule has 2 fully saturated rings. The number of hydrogen-bond donors (Lipinski definition) is 1. The smallest absolute Gasteiger partial charge is 0.0434 e. The van der Waals surface area contributed by atoms with Gasteiger partial charge < -0.3 is 5.11 Å². The van der Waals surface area contributed by atoms with Crippen LogP contribution in [0.1, 0.15) is 6.42 Å². The van der Waals surface area contributed by atoms with Crippen LogP contribution in [0.3, 0.4) is 0 Å². The Hall–Kier alpha value is -0.120. The summed E-state index contributed by atoms with van der Waals surface area (Å²) in [6.07, 6.45) is 0.969. The lowest BCUT2D eigenvalue weighted by molar-refractivity contribution is 0.186. The average Bonchev–Trinajstić information content (AvgIpc) is 2.48. The summed E-state index contributed by atoms with van der Waals surface area (Å²) >= 11 is 0. The molecule has 57 valence electrons. The van der Waals surface area contributed by atoms with E-state index in [0.29, 0.717) is 6.61 Å². The second kappa shape index (κ2) is 2.49. The molecule has 0 aromatic rings. The fourth-order valence-electron chi connectivity index (χ4n) is 1.95. The lowest BCUT2D eigenvalue weighted by Crippen LogP contribution is -2.31. The van der Waals surface area contributed by atoms with Crippen molar-refractivity contribution in [2.75, 3.05) is 26.2 Å². The van der Waals surface area contributed by atoms with Crippen molar-refractivity contribution >= 4 is 0 Å². The minimum absolute atomic E-state index is 0.342. The molecule has 2 aliphatic rings. The lowest BCUT2D eigenvalue weighted by Gasteiger charge is -2.19. The monoisotopic (exact) mass is 141 g/mol. The van der Waals surface area contributed by atoms with Gasteiger partial charge in [-0.3, -0.25) is 0 Å². The van der Waals surface area contributed by atoms with Crippen LogP contribution in [0.4, 0.5) is 0 Å². The highest BCUT2D eigenvalue weighted by atomic mass is 16.3. The van der Waals surface area contributed by atoms with E-state index in [2.05, 4.69) is 10.4 Å². The second-order valence-corrected chi connectivity index (χ2v) is 3.23. The van der Waals surface area contributed by atoms with Crippen LogP contribution in [0.25, 0.3) is 0 Å². The first kappa shape index (κ1) is 6.58. The van der Waals surface area contributed by atoms with Gasteiger partial charge in [-0.05, 0) is 18.3 Å². The molecule has 2 rings (SSSR count). The maximum absolute atomic E-state index is 8.71. The number of rotatable bonds is 2. The van der Waals surface area contributed by atoms with Gasteiger partial charge in [-0.25, -0.2) is 5.01 Å². The molecule has 3 unspecified atom stereocenters. The summed E-state index contributed by atoms with van der Waals surface area (Å²) < 4.78 is 0. The van der Waals surface area contributed by atoms with Gasteiger partial charge in [0.05, 0.1) is 0 Å². The highest BCUT2D eigenvalue weighted by molar-refractivity contribution is 4.88. The van der Waals surface area contributed by atoms with E-state index in [-0.39, 0.29) is 0 Å². The molecule has 2 saturated heterocycles. The summed E-state index contributed by atoms with van der Waals surface area (Å²) in [6.45, 7) is 3.58. The van der Waals surface area contributed by atoms with E-state index in [4.69, 9.17) is 5.11 Å². The fourth-order valence-corrected chi connectivity index (χ4v) is 1.95. The van der Waals surface area contributed by atoms with Crippen LogP contribution in [0.5, 0.6) is 0 Å². The summed E-state index contributed by atoms with van der Waals surface area (Å²) in [7, 11) is 0. The molecule has 3 nitrogen and oxygen atoms in total. The van der Waals surface area contributed by atoms with Crippen LogP contribution in [-0.4, -0.2) is 36.4 Å². The number of fused-ring (bicyclic) bond motifs is 2. The van der Waals surface area contributed by atoms with Crippen molar-refractivity contribution in [3.63, 3.8) is 0 Å². The van der Waals surface area contributed by atoms with Crippen LogP contribution in [-0.2, 0) is 0 Å². The maximum Gasteiger partial charge on any atom is 0.0434 e. The summed E-state index contributed by atoms with van der Waals surface area (Å²) in [5, 5.41) is 10.8. The van der Waals surface area contributed by atoms with Crippen LogP contribution in [0.15, 0.2) is 0 Å². The Kier molecular flexibility index (Phi) is 1.64. The predicted molar refractivity (Wildman–Crippen MR) is 37.3 cm³/mol. The molecule has 0 saturated carbocycles. The first-order valence-electron chi connectivity index (χ1n) is 3.93. The van der Waals surface area contributed by atoms with Gasteiger partial charge in [0.15, 0.2) is 0 Å². The SMILES string of the molecule is OCCC1CN2CC1C[N]2. The van der Waals surface area contributed by atoms with Crippen LogP contribution in [0.2, 0.25) is 0 Å². The van der Waals surface area contributed by atoms with Crippen molar-refractivity contribution in [1.29, 1.82) is 0 Å². The van der Waals surface area contributed by atoms with E-state index >= 15 is 0 Å². The molecule has 1 radical (unpaired) electrons. The first-order valence-corrected chi connectivity index (χ1v) is 3.93. The quantitative estimate of drug-likeness (QED) is 0.560.